The number of hydrogen-bond donors (Lipinski definition) is 1. The van der Waals surface area contributed by atoms with Crippen LogP contribution in [0, 0.1) is 0 Å². The van der Waals surface area contributed by atoms with Gasteiger partial charge in [0.2, 0.25) is 0 Å². The van der Waals surface area contributed by atoms with Crippen LogP contribution in [0.3, 0.4) is 0 Å². The van der Waals surface area contributed by atoms with Gasteiger partial charge in [0.05, 0.1) is 19.0 Å². The van der Waals surface area contributed by atoms with Gasteiger partial charge in [-0.2, -0.15) is 5.10 Å². The monoisotopic (exact) mass is 403 g/mol. The Morgan fingerprint density at radius 3 is 2.73 bits per heavy atom. The van der Waals surface area contributed by atoms with E-state index in [9.17, 15) is 0 Å². The van der Waals surface area contributed by atoms with Gasteiger partial charge in [0.25, 0.3) is 0 Å². The van der Waals surface area contributed by atoms with Gasteiger partial charge >= 0.3 is 0 Å². The number of benzene rings is 1. The van der Waals surface area contributed by atoms with Crippen molar-refractivity contribution in [3.05, 3.63) is 59.3 Å². The van der Waals surface area contributed by atoms with Crippen molar-refractivity contribution in [3.8, 4) is 17.0 Å². The van der Waals surface area contributed by atoms with Crippen LogP contribution in [0.5, 0.6) is 5.75 Å². The van der Waals surface area contributed by atoms with Crippen molar-refractivity contribution in [1.82, 2.24) is 25.1 Å². The van der Waals surface area contributed by atoms with Crippen molar-refractivity contribution >= 4 is 0 Å². The van der Waals surface area contributed by atoms with E-state index in [0.29, 0.717) is 5.92 Å². The van der Waals surface area contributed by atoms with Gasteiger partial charge in [-0.1, -0.05) is 19.3 Å². The molecule has 0 saturated heterocycles. The third kappa shape index (κ3) is 3.97. The van der Waals surface area contributed by atoms with Crippen LogP contribution in [0.4, 0.5) is 0 Å². The van der Waals surface area contributed by atoms with Gasteiger partial charge in [-0.15, -0.1) is 0 Å². The number of fused-ring (bicyclic) bond motifs is 1. The lowest BCUT2D eigenvalue weighted by Crippen LogP contribution is -2.31. The van der Waals surface area contributed by atoms with Crippen LogP contribution in [0.25, 0.3) is 11.3 Å². The molecular formula is C24H29N5O. The summed E-state index contributed by atoms with van der Waals surface area (Å²) in [6.07, 6.45) is 11.5. The molecule has 1 N–H and O–H groups in total. The number of methoxy groups -OCH3 is 1. The van der Waals surface area contributed by atoms with Gasteiger partial charge in [-0.3, -0.25) is 10.00 Å². The molecule has 156 valence electrons. The van der Waals surface area contributed by atoms with Crippen molar-refractivity contribution in [1.29, 1.82) is 0 Å². The third-order valence-electron chi connectivity index (χ3n) is 6.49. The van der Waals surface area contributed by atoms with E-state index in [1.165, 1.54) is 48.9 Å². The second-order valence-corrected chi connectivity index (χ2v) is 8.49. The lowest BCUT2D eigenvalue weighted by molar-refractivity contribution is 0.242. The Hall–Kier alpha value is -2.73. The van der Waals surface area contributed by atoms with E-state index in [2.05, 4.69) is 33.4 Å². The molecule has 2 aromatic heterocycles. The second-order valence-electron chi connectivity index (χ2n) is 8.49. The first-order valence-corrected chi connectivity index (χ1v) is 11.0. The molecule has 1 aliphatic carbocycles. The Morgan fingerprint density at radius 1 is 1.10 bits per heavy atom. The standard InChI is InChI=1S/C24H29N5O/c1-30-21-9-7-17(8-10-21)23-20(14-26-28-23)16-29-12-11-22-19(15-29)13-25-24(27-22)18-5-3-2-4-6-18/h7-10,13-14,18H,2-6,11-12,15-16H2,1H3,(H,26,28). The Balaban J connectivity index is 1.28. The van der Waals surface area contributed by atoms with E-state index in [1.54, 1.807) is 7.11 Å². The van der Waals surface area contributed by atoms with Crippen LogP contribution in [-0.2, 0) is 19.5 Å². The Morgan fingerprint density at radius 2 is 1.93 bits per heavy atom. The molecule has 1 aliphatic heterocycles. The minimum Gasteiger partial charge on any atom is -0.497 e. The highest BCUT2D eigenvalue weighted by molar-refractivity contribution is 5.63. The predicted molar refractivity (Wildman–Crippen MR) is 116 cm³/mol. The van der Waals surface area contributed by atoms with Crippen LogP contribution in [-0.4, -0.2) is 38.7 Å². The number of nitrogens with one attached hydrogen (secondary N) is 1. The number of nitrogens with zero attached hydrogens (tertiary/aromatic N) is 4. The summed E-state index contributed by atoms with van der Waals surface area (Å²) in [6.45, 7) is 2.77. The Bertz CT molecular complexity index is 991. The predicted octanol–water partition coefficient (Wildman–Crippen LogP) is 4.48. The van der Waals surface area contributed by atoms with E-state index in [0.717, 1.165) is 48.9 Å². The smallest absolute Gasteiger partial charge is 0.131 e. The summed E-state index contributed by atoms with van der Waals surface area (Å²) in [5.74, 6) is 2.51. The van der Waals surface area contributed by atoms with Crippen molar-refractivity contribution in [2.24, 2.45) is 0 Å². The fraction of sp³-hybridized carbons (Fsp3) is 0.458. The molecule has 1 aromatic carbocycles. The highest BCUT2D eigenvalue weighted by atomic mass is 16.5. The largest absolute Gasteiger partial charge is 0.497 e. The molecule has 6 heteroatoms. The molecular weight excluding hydrogens is 374 g/mol. The summed E-state index contributed by atoms with van der Waals surface area (Å²) >= 11 is 0. The lowest BCUT2D eigenvalue weighted by Gasteiger charge is -2.29. The van der Waals surface area contributed by atoms with Gasteiger partial charge in [0.15, 0.2) is 0 Å². The zero-order valence-electron chi connectivity index (χ0n) is 17.6. The topological polar surface area (TPSA) is 66.9 Å². The average Bonchev–Trinajstić information content (AvgIpc) is 3.27. The summed E-state index contributed by atoms with van der Waals surface area (Å²) in [5, 5.41) is 7.48. The van der Waals surface area contributed by atoms with Crippen molar-refractivity contribution in [2.45, 2.75) is 57.5 Å². The van der Waals surface area contributed by atoms with E-state index in [4.69, 9.17) is 14.7 Å². The first kappa shape index (κ1) is 19.2. The van der Waals surface area contributed by atoms with E-state index >= 15 is 0 Å². The molecule has 30 heavy (non-hydrogen) atoms. The molecule has 1 fully saturated rings. The quantitative estimate of drug-likeness (QED) is 0.680. The molecule has 3 aromatic rings. The molecule has 5 rings (SSSR count). The van der Waals surface area contributed by atoms with Crippen LogP contribution in [0.2, 0.25) is 0 Å². The summed E-state index contributed by atoms with van der Waals surface area (Å²) in [7, 11) is 1.69. The zero-order chi connectivity index (χ0) is 20.3. The number of ether oxygens (including phenoxy) is 1. The van der Waals surface area contributed by atoms with Gasteiger partial charge in [0.1, 0.15) is 11.6 Å². The molecule has 6 nitrogen and oxygen atoms in total. The Kier molecular flexibility index (Phi) is 5.49. The van der Waals surface area contributed by atoms with Gasteiger partial charge in [-0.25, -0.2) is 9.97 Å². The summed E-state index contributed by atoms with van der Waals surface area (Å²) in [4.78, 5) is 12.2. The summed E-state index contributed by atoms with van der Waals surface area (Å²) in [6, 6.07) is 8.11. The summed E-state index contributed by atoms with van der Waals surface area (Å²) in [5.41, 5.74) is 5.94. The van der Waals surface area contributed by atoms with Gasteiger partial charge in [-0.05, 0) is 37.1 Å². The third-order valence-corrected chi connectivity index (χ3v) is 6.49. The lowest BCUT2D eigenvalue weighted by atomic mass is 9.88. The number of hydrogen-bond acceptors (Lipinski definition) is 5. The van der Waals surface area contributed by atoms with E-state index < -0.39 is 0 Å². The van der Waals surface area contributed by atoms with Crippen molar-refractivity contribution in [2.75, 3.05) is 13.7 Å². The van der Waals surface area contributed by atoms with Gasteiger partial charge < -0.3 is 4.74 Å². The maximum atomic E-state index is 5.27. The zero-order valence-corrected chi connectivity index (χ0v) is 17.6. The van der Waals surface area contributed by atoms with Crippen LogP contribution < -0.4 is 4.74 Å². The molecule has 1 saturated carbocycles. The molecule has 0 unspecified atom stereocenters. The van der Waals surface area contributed by atoms with Crippen LogP contribution in [0.15, 0.2) is 36.7 Å². The number of rotatable bonds is 5. The minimum atomic E-state index is 0.570. The van der Waals surface area contributed by atoms with Crippen molar-refractivity contribution in [3.63, 3.8) is 0 Å². The SMILES string of the molecule is COc1ccc(-c2[nH]ncc2CN2CCc3nc(C4CCCCC4)ncc3C2)cc1. The first-order valence-electron chi connectivity index (χ1n) is 11.0. The van der Waals surface area contributed by atoms with Crippen LogP contribution >= 0.6 is 0 Å². The normalized spacial score (nSPS) is 17.6. The maximum absolute atomic E-state index is 5.27. The fourth-order valence-corrected chi connectivity index (χ4v) is 4.76. The molecule has 0 spiro atoms. The molecule has 0 radical (unpaired) electrons. The minimum absolute atomic E-state index is 0.570. The molecule has 3 heterocycles. The molecule has 0 amide bonds. The second kappa shape index (κ2) is 8.56. The first-order chi connectivity index (χ1) is 14.8. The fourth-order valence-electron chi connectivity index (χ4n) is 4.76. The molecule has 0 bridgehead atoms. The Labute approximate surface area is 177 Å². The molecule has 0 atom stereocenters. The maximum Gasteiger partial charge on any atom is 0.131 e. The highest BCUT2D eigenvalue weighted by Crippen LogP contribution is 2.32. The average molecular weight is 404 g/mol. The number of aromatic nitrogens is 4. The number of H-pyrrole nitrogens is 1. The van der Waals surface area contributed by atoms with E-state index in [1.807, 2.05) is 18.3 Å². The number of aromatic amines is 1. The van der Waals surface area contributed by atoms with Crippen LogP contribution in [0.1, 0.15) is 60.7 Å². The van der Waals surface area contributed by atoms with Crippen molar-refractivity contribution < 1.29 is 4.74 Å². The molecule has 2 aliphatic rings. The highest BCUT2D eigenvalue weighted by Gasteiger charge is 2.23. The van der Waals surface area contributed by atoms with Gasteiger partial charge in [0, 0.05) is 60.6 Å². The van der Waals surface area contributed by atoms with E-state index in [-0.39, 0.29) is 0 Å². The summed E-state index contributed by atoms with van der Waals surface area (Å²) < 4.78 is 5.27.